The Labute approximate surface area is 97.8 Å². The fourth-order valence-corrected chi connectivity index (χ4v) is 0.971. The summed E-state index contributed by atoms with van der Waals surface area (Å²) in [5, 5.41) is 3.03. The van der Waals surface area contributed by atoms with Gasteiger partial charge in [-0.25, -0.2) is 0 Å². The summed E-state index contributed by atoms with van der Waals surface area (Å²) in [5.41, 5.74) is 11.5. The smallest absolute Gasteiger partial charge is 0.0391 e. The lowest BCUT2D eigenvalue weighted by Gasteiger charge is -2.10. The summed E-state index contributed by atoms with van der Waals surface area (Å²) < 4.78 is 0. The molecule has 5 heteroatoms. The van der Waals surface area contributed by atoms with Crippen molar-refractivity contribution >= 4 is 5.69 Å². The maximum atomic E-state index is 5.17. The lowest BCUT2D eigenvalue weighted by molar-refractivity contribution is 0.696. The van der Waals surface area contributed by atoms with E-state index in [4.69, 9.17) is 11.5 Å². The lowest BCUT2D eigenvalue weighted by atomic mass is 10.4. The largest absolute Gasteiger partial charge is 0.378 e. The Morgan fingerprint density at radius 1 is 1.12 bits per heavy atom. The molecule has 0 spiro atoms. The summed E-state index contributed by atoms with van der Waals surface area (Å²) in [6, 6.07) is 3.94. The van der Waals surface area contributed by atoms with E-state index >= 15 is 0 Å². The fourth-order valence-electron chi connectivity index (χ4n) is 0.971. The maximum Gasteiger partial charge on any atom is 0.0391 e. The Morgan fingerprint density at radius 2 is 1.62 bits per heavy atom. The van der Waals surface area contributed by atoms with Crippen LogP contribution in [0.4, 0.5) is 5.69 Å². The zero-order chi connectivity index (χ0) is 12.2. The summed E-state index contributed by atoms with van der Waals surface area (Å²) in [4.78, 5) is 5.94. The molecule has 0 saturated carbocycles. The fraction of sp³-hybridized carbons (Fsp3) is 0.545. The first kappa shape index (κ1) is 14.8. The molecule has 5 N–H and O–H groups in total. The minimum Gasteiger partial charge on any atom is -0.378 e. The first-order chi connectivity index (χ1) is 7.72. The molecular weight excluding hydrogens is 202 g/mol. The summed E-state index contributed by atoms with van der Waals surface area (Å²) in [5.74, 6) is 0. The van der Waals surface area contributed by atoms with E-state index in [0.29, 0.717) is 13.1 Å². The Hall–Kier alpha value is -1.17. The van der Waals surface area contributed by atoms with E-state index in [1.54, 1.807) is 12.4 Å². The molecule has 0 unspecified atom stereocenters. The summed E-state index contributed by atoms with van der Waals surface area (Å²) in [6.45, 7) is 3.13. The molecule has 5 nitrogen and oxygen atoms in total. The van der Waals surface area contributed by atoms with Crippen LogP contribution in [0.1, 0.15) is 0 Å². The van der Waals surface area contributed by atoms with Crippen LogP contribution in [0.2, 0.25) is 0 Å². The zero-order valence-electron chi connectivity index (χ0n) is 10.2. The number of hydrogen-bond donors (Lipinski definition) is 3. The predicted molar refractivity (Wildman–Crippen MR) is 69.5 cm³/mol. The number of pyridine rings is 1. The lowest BCUT2D eigenvalue weighted by Crippen LogP contribution is -2.27. The zero-order valence-corrected chi connectivity index (χ0v) is 10.2. The van der Waals surface area contributed by atoms with Crippen molar-refractivity contribution in [3.63, 3.8) is 0 Å². The van der Waals surface area contributed by atoms with Crippen LogP contribution in [-0.2, 0) is 0 Å². The van der Waals surface area contributed by atoms with Gasteiger partial charge in [0, 0.05) is 58.4 Å². The van der Waals surface area contributed by atoms with Crippen LogP contribution >= 0.6 is 0 Å². The average molecular weight is 225 g/mol. The molecule has 16 heavy (non-hydrogen) atoms. The second-order valence-corrected chi connectivity index (χ2v) is 3.43. The van der Waals surface area contributed by atoms with Crippen molar-refractivity contribution in [2.24, 2.45) is 11.5 Å². The Kier molecular flexibility index (Phi) is 9.59. The van der Waals surface area contributed by atoms with Crippen LogP contribution in [0.15, 0.2) is 24.5 Å². The van der Waals surface area contributed by atoms with E-state index in [1.165, 1.54) is 5.69 Å². The Morgan fingerprint density at radius 3 is 1.94 bits per heavy atom. The highest BCUT2D eigenvalue weighted by atomic mass is 15.1. The third-order valence-corrected chi connectivity index (χ3v) is 1.82. The molecule has 0 fully saturated rings. The first-order valence-electron chi connectivity index (χ1n) is 5.40. The number of rotatable bonds is 5. The van der Waals surface area contributed by atoms with Gasteiger partial charge in [0.2, 0.25) is 0 Å². The molecule has 0 bridgehead atoms. The molecule has 0 atom stereocenters. The molecular formula is C11H23N5. The number of anilines is 1. The van der Waals surface area contributed by atoms with Gasteiger partial charge >= 0.3 is 0 Å². The number of nitrogens with zero attached hydrogens (tertiary/aromatic N) is 2. The van der Waals surface area contributed by atoms with E-state index in [0.717, 1.165) is 13.1 Å². The third-order valence-electron chi connectivity index (χ3n) is 1.82. The predicted octanol–water partition coefficient (Wildman–Crippen LogP) is -0.359. The van der Waals surface area contributed by atoms with Crippen molar-refractivity contribution in [1.29, 1.82) is 0 Å². The van der Waals surface area contributed by atoms with Crippen molar-refractivity contribution in [3.05, 3.63) is 24.5 Å². The van der Waals surface area contributed by atoms with Crippen LogP contribution in [0.25, 0.3) is 0 Å². The summed E-state index contributed by atoms with van der Waals surface area (Å²) in [6.07, 6.45) is 3.57. The average Bonchev–Trinajstić information content (AvgIpc) is 2.32. The number of nitrogens with one attached hydrogen (secondary N) is 1. The highest BCUT2D eigenvalue weighted by Crippen LogP contribution is 2.05. The van der Waals surface area contributed by atoms with Crippen LogP contribution in [0, 0.1) is 0 Å². The van der Waals surface area contributed by atoms with Gasteiger partial charge in [0.15, 0.2) is 0 Å². The van der Waals surface area contributed by atoms with Crippen LogP contribution in [0.3, 0.4) is 0 Å². The van der Waals surface area contributed by atoms with Crippen molar-refractivity contribution < 1.29 is 0 Å². The minimum absolute atomic E-state index is 0.694. The molecule has 0 aliphatic rings. The standard InChI is InChI=1S/C7H10N2.C4H13N3/c1-9(2)7-3-5-8-6-4-7;5-1-3-7-4-2-6/h3-6H,1-2H3;7H,1-6H2. The monoisotopic (exact) mass is 225 g/mol. The van der Waals surface area contributed by atoms with Gasteiger partial charge in [-0.1, -0.05) is 0 Å². The normalized spacial score (nSPS) is 9.25. The van der Waals surface area contributed by atoms with Gasteiger partial charge < -0.3 is 21.7 Å². The van der Waals surface area contributed by atoms with Gasteiger partial charge in [-0.2, -0.15) is 0 Å². The number of nitrogens with two attached hydrogens (primary N) is 2. The van der Waals surface area contributed by atoms with Gasteiger partial charge in [-0.05, 0) is 12.1 Å². The molecule has 0 amide bonds. The van der Waals surface area contributed by atoms with Gasteiger partial charge in [0.05, 0.1) is 0 Å². The Bertz CT molecular complexity index is 233. The first-order valence-corrected chi connectivity index (χ1v) is 5.40. The summed E-state index contributed by atoms with van der Waals surface area (Å²) in [7, 11) is 4.02. The van der Waals surface area contributed by atoms with E-state index in [1.807, 2.05) is 31.1 Å². The van der Waals surface area contributed by atoms with Crippen LogP contribution in [-0.4, -0.2) is 45.3 Å². The molecule has 0 aliphatic heterocycles. The second kappa shape index (κ2) is 10.4. The van der Waals surface area contributed by atoms with Gasteiger partial charge in [-0.15, -0.1) is 0 Å². The van der Waals surface area contributed by atoms with Gasteiger partial charge in [-0.3, -0.25) is 4.98 Å². The highest BCUT2D eigenvalue weighted by Gasteiger charge is 1.88. The summed E-state index contributed by atoms with van der Waals surface area (Å²) >= 11 is 0. The topological polar surface area (TPSA) is 80.2 Å². The molecule has 1 aromatic rings. The third kappa shape index (κ3) is 8.16. The van der Waals surface area contributed by atoms with Crippen molar-refractivity contribution in [3.8, 4) is 0 Å². The molecule has 92 valence electrons. The molecule has 1 rings (SSSR count). The van der Waals surface area contributed by atoms with Crippen molar-refractivity contribution in [2.45, 2.75) is 0 Å². The SMILES string of the molecule is CN(C)c1ccncc1.NCCNCCN. The Balaban J connectivity index is 0.000000293. The quantitative estimate of drug-likeness (QED) is 0.596. The second-order valence-electron chi connectivity index (χ2n) is 3.43. The van der Waals surface area contributed by atoms with E-state index in [-0.39, 0.29) is 0 Å². The van der Waals surface area contributed by atoms with Gasteiger partial charge in [0.25, 0.3) is 0 Å². The number of hydrogen-bond acceptors (Lipinski definition) is 5. The molecule has 1 aromatic heterocycles. The highest BCUT2D eigenvalue weighted by molar-refractivity contribution is 5.42. The molecule has 0 aromatic carbocycles. The van der Waals surface area contributed by atoms with Crippen molar-refractivity contribution in [1.82, 2.24) is 10.3 Å². The molecule has 0 saturated heterocycles. The molecule has 1 heterocycles. The number of aromatic nitrogens is 1. The molecule has 0 aliphatic carbocycles. The van der Waals surface area contributed by atoms with Crippen LogP contribution < -0.4 is 21.7 Å². The van der Waals surface area contributed by atoms with E-state index in [2.05, 4.69) is 10.3 Å². The molecule has 0 radical (unpaired) electrons. The van der Waals surface area contributed by atoms with Gasteiger partial charge in [0.1, 0.15) is 0 Å². The van der Waals surface area contributed by atoms with E-state index < -0.39 is 0 Å². The maximum absolute atomic E-state index is 5.17. The minimum atomic E-state index is 0.694. The van der Waals surface area contributed by atoms with Crippen molar-refractivity contribution in [2.75, 3.05) is 45.2 Å². The van der Waals surface area contributed by atoms with Crippen LogP contribution in [0.5, 0.6) is 0 Å². The van der Waals surface area contributed by atoms with E-state index in [9.17, 15) is 0 Å².